The SMILES string of the molecule is O=C(Nc1ccc(Br)cn1)c1cnn2ccccc12. The van der Waals surface area contributed by atoms with Gasteiger partial charge < -0.3 is 5.32 Å². The fourth-order valence-corrected chi connectivity index (χ4v) is 1.98. The summed E-state index contributed by atoms with van der Waals surface area (Å²) in [5.74, 6) is 0.277. The van der Waals surface area contributed by atoms with Crippen LogP contribution in [0.2, 0.25) is 0 Å². The molecule has 3 aromatic heterocycles. The first-order valence-electron chi connectivity index (χ1n) is 5.59. The standard InChI is InChI=1S/C13H9BrN4O/c14-9-4-5-12(15-7-9)17-13(19)10-8-16-18-6-2-1-3-11(10)18/h1-8H,(H,15,17,19). The Morgan fingerprint density at radius 3 is 2.89 bits per heavy atom. The predicted molar refractivity (Wildman–Crippen MR) is 75.1 cm³/mol. The van der Waals surface area contributed by atoms with Crippen LogP contribution < -0.4 is 5.32 Å². The van der Waals surface area contributed by atoms with Gasteiger partial charge in [-0.3, -0.25) is 4.79 Å². The molecule has 1 N–H and O–H groups in total. The molecule has 0 aliphatic heterocycles. The Hall–Kier alpha value is -2.21. The van der Waals surface area contributed by atoms with Crippen LogP contribution in [0, 0.1) is 0 Å². The Kier molecular flexibility index (Phi) is 3.00. The second-order valence-corrected chi connectivity index (χ2v) is 4.82. The lowest BCUT2D eigenvalue weighted by molar-refractivity contribution is 0.102. The highest BCUT2D eigenvalue weighted by Gasteiger charge is 2.12. The van der Waals surface area contributed by atoms with Crippen LogP contribution in [0.4, 0.5) is 5.82 Å². The lowest BCUT2D eigenvalue weighted by Gasteiger charge is -2.03. The highest BCUT2D eigenvalue weighted by Crippen LogP contribution is 2.14. The van der Waals surface area contributed by atoms with E-state index in [-0.39, 0.29) is 5.91 Å². The summed E-state index contributed by atoms with van der Waals surface area (Å²) in [6, 6.07) is 9.12. The maximum absolute atomic E-state index is 12.2. The average Bonchev–Trinajstić information content (AvgIpc) is 2.85. The summed E-state index contributed by atoms with van der Waals surface area (Å²) in [4.78, 5) is 16.3. The minimum absolute atomic E-state index is 0.226. The number of halogens is 1. The third-order valence-corrected chi connectivity index (χ3v) is 3.11. The minimum Gasteiger partial charge on any atom is -0.306 e. The number of carbonyl (C=O) groups excluding carboxylic acids is 1. The van der Waals surface area contributed by atoms with Gasteiger partial charge in [0.2, 0.25) is 0 Å². The zero-order valence-electron chi connectivity index (χ0n) is 9.75. The molecule has 19 heavy (non-hydrogen) atoms. The molecule has 3 rings (SSSR count). The van der Waals surface area contributed by atoms with Crippen molar-refractivity contribution >= 4 is 33.2 Å². The average molecular weight is 317 g/mol. The van der Waals surface area contributed by atoms with Gasteiger partial charge >= 0.3 is 0 Å². The lowest BCUT2D eigenvalue weighted by Crippen LogP contribution is -2.12. The molecular weight excluding hydrogens is 308 g/mol. The molecule has 3 heterocycles. The first kappa shape index (κ1) is 11.9. The molecule has 0 bridgehead atoms. The molecule has 5 nitrogen and oxygen atoms in total. The molecule has 0 unspecified atom stereocenters. The van der Waals surface area contributed by atoms with Gasteiger partial charge in [-0.15, -0.1) is 0 Å². The quantitative estimate of drug-likeness (QED) is 0.790. The summed E-state index contributed by atoms with van der Waals surface area (Å²) < 4.78 is 2.52. The topological polar surface area (TPSA) is 59.3 Å². The maximum atomic E-state index is 12.2. The van der Waals surface area contributed by atoms with E-state index >= 15 is 0 Å². The molecule has 0 saturated heterocycles. The van der Waals surface area contributed by atoms with Crippen LogP contribution in [0.5, 0.6) is 0 Å². The van der Waals surface area contributed by atoms with Crippen LogP contribution in [0.3, 0.4) is 0 Å². The summed E-state index contributed by atoms with van der Waals surface area (Å²) >= 11 is 3.29. The van der Waals surface area contributed by atoms with Gasteiger partial charge in [-0.25, -0.2) is 9.50 Å². The molecule has 3 aromatic rings. The Bertz CT molecular complexity index is 736. The monoisotopic (exact) mass is 316 g/mol. The first-order chi connectivity index (χ1) is 9.24. The lowest BCUT2D eigenvalue weighted by atomic mass is 10.2. The number of nitrogens with zero attached hydrogens (tertiary/aromatic N) is 3. The highest BCUT2D eigenvalue weighted by molar-refractivity contribution is 9.10. The van der Waals surface area contributed by atoms with E-state index in [0.717, 1.165) is 9.99 Å². The highest BCUT2D eigenvalue weighted by atomic mass is 79.9. The number of nitrogens with one attached hydrogen (secondary N) is 1. The van der Waals surface area contributed by atoms with Gasteiger partial charge in [0, 0.05) is 16.9 Å². The summed E-state index contributed by atoms with van der Waals surface area (Å²) in [7, 11) is 0. The zero-order chi connectivity index (χ0) is 13.2. The molecule has 0 atom stereocenters. The van der Waals surface area contributed by atoms with E-state index in [1.54, 1.807) is 29.2 Å². The number of rotatable bonds is 2. The molecule has 0 saturated carbocycles. The third-order valence-electron chi connectivity index (χ3n) is 2.64. The van der Waals surface area contributed by atoms with Crippen LogP contribution >= 0.6 is 15.9 Å². The number of aromatic nitrogens is 3. The van der Waals surface area contributed by atoms with E-state index in [0.29, 0.717) is 11.4 Å². The number of amides is 1. The van der Waals surface area contributed by atoms with Crippen molar-refractivity contribution in [1.82, 2.24) is 14.6 Å². The molecular formula is C13H9BrN4O. The smallest absolute Gasteiger partial charge is 0.260 e. The van der Waals surface area contributed by atoms with Crippen molar-refractivity contribution in [2.75, 3.05) is 5.32 Å². The molecule has 0 fully saturated rings. The molecule has 0 radical (unpaired) electrons. The van der Waals surface area contributed by atoms with E-state index in [4.69, 9.17) is 0 Å². The van der Waals surface area contributed by atoms with E-state index in [1.807, 2.05) is 24.3 Å². The molecule has 94 valence electrons. The van der Waals surface area contributed by atoms with E-state index in [9.17, 15) is 4.79 Å². The van der Waals surface area contributed by atoms with Gasteiger partial charge in [0.05, 0.1) is 17.3 Å². The summed E-state index contributed by atoms with van der Waals surface area (Å²) in [5.41, 5.74) is 1.28. The van der Waals surface area contributed by atoms with Crippen molar-refractivity contribution in [1.29, 1.82) is 0 Å². The number of anilines is 1. The Balaban J connectivity index is 1.90. The molecule has 0 aliphatic carbocycles. The molecule has 6 heteroatoms. The molecule has 0 aromatic carbocycles. The second-order valence-electron chi connectivity index (χ2n) is 3.90. The number of carbonyl (C=O) groups is 1. The largest absolute Gasteiger partial charge is 0.306 e. The number of hydrogen-bond donors (Lipinski definition) is 1. The van der Waals surface area contributed by atoms with Crippen LogP contribution in [-0.2, 0) is 0 Å². The van der Waals surface area contributed by atoms with Gasteiger partial charge in [-0.2, -0.15) is 5.10 Å². The Labute approximate surface area is 117 Å². The molecule has 0 aliphatic rings. The Morgan fingerprint density at radius 1 is 1.21 bits per heavy atom. The fourth-order valence-electron chi connectivity index (χ4n) is 1.74. The van der Waals surface area contributed by atoms with Crippen molar-refractivity contribution in [3.05, 3.63) is 59.0 Å². The predicted octanol–water partition coefficient (Wildman–Crippen LogP) is 2.74. The second kappa shape index (κ2) is 4.81. The summed E-state index contributed by atoms with van der Waals surface area (Å²) in [5, 5.41) is 6.86. The van der Waals surface area contributed by atoms with Gasteiger partial charge in [0.1, 0.15) is 5.82 Å². The van der Waals surface area contributed by atoms with Gasteiger partial charge in [-0.1, -0.05) is 6.07 Å². The van der Waals surface area contributed by atoms with Crippen molar-refractivity contribution in [2.24, 2.45) is 0 Å². The molecule has 1 amide bonds. The first-order valence-corrected chi connectivity index (χ1v) is 6.38. The number of pyridine rings is 2. The van der Waals surface area contributed by atoms with Crippen LogP contribution in [0.25, 0.3) is 5.52 Å². The Morgan fingerprint density at radius 2 is 2.11 bits per heavy atom. The van der Waals surface area contributed by atoms with Crippen LogP contribution in [0.1, 0.15) is 10.4 Å². The van der Waals surface area contributed by atoms with Crippen molar-refractivity contribution in [3.63, 3.8) is 0 Å². The maximum Gasteiger partial charge on any atom is 0.260 e. The van der Waals surface area contributed by atoms with E-state index in [2.05, 4.69) is 31.3 Å². The van der Waals surface area contributed by atoms with Crippen LogP contribution in [0.15, 0.2) is 53.4 Å². The summed E-state index contributed by atoms with van der Waals surface area (Å²) in [6.45, 7) is 0. The van der Waals surface area contributed by atoms with Gasteiger partial charge in [-0.05, 0) is 40.2 Å². The third kappa shape index (κ3) is 2.34. The van der Waals surface area contributed by atoms with E-state index in [1.165, 1.54) is 0 Å². The van der Waals surface area contributed by atoms with Crippen molar-refractivity contribution in [3.8, 4) is 0 Å². The van der Waals surface area contributed by atoms with E-state index < -0.39 is 0 Å². The minimum atomic E-state index is -0.226. The zero-order valence-corrected chi connectivity index (χ0v) is 11.3. The van der Waals surface area contributed by atoms with Crippen molar-refractivity contribution < 1.29 is 4.79 Å². The number of hydrogen-bond acceptors (Lipinski definition) is 3. The van der Waals surface area contributed by atoms with Gasteiger partial charge in [0.15, 0.2) is 0 Å². The molecule has 0 spiro atoms. The summed E-state index contributed by atoms with van der Waals surface area (Å²) in [6.07, 6.45) is 4.97. The van der Waals surface area contributed by atoms with Gasteiger partial charge in [0.25, 0.3) is 5.91 Å². The normalized spacial score (nSPS) is 10.6. The van der Waals surface area contributed by atoms with Crippen LogP contribution in [-0.4, -0.2) is 20.5 Å². The van der Waals surface area contributed by atoms with Crippen molar-refractivity contribution in [2.45, 2.75) is 0 Å². The fraction of sp³-hybridized carbons (Fsp3) is 0. The number of fused-ring (bicyclic) bond motifs is 1.